The normalized spacial score (nSPS) is 12.0. The lowest BCUT2D eigenvalue weighted by Gasteiger charge is -2.19. The Morgan fingerprint density at radius 2 is 1.87 bits per heavy atom. The van der Waals surface area contributed by atoms with Crippen molar-refractivity contribution in [3.8, 4) is 0 Å². The van der Waals surface area contributed by atoms with Gasteiger partial charge in [0.1, 0.15) is 0 Å². The minimum atomic E-state index is 0.137. The van der Waals surface area contributed by atoms with E-state index in [1.165, 1.54) is 5.56 Å². The van der Waals surface area contributed by atoms with Gasteiger partial charge in [0.15, 0.2) is 0 Å². The van der Waals surface area contributed by atoms with Crippen LogP contribution in [0.2, 0.25) is 0 Å². The van der Waals surface area contributed by atoms with E-state index in [-0.39, 0.29) is 5.41 Å². The molecule has 0 spiro atoms. The van der Waals surface area contributed by atoms with Crippen LogP contribution in [0.1, 0.15) is 33.3 Å². The van der Waals surface area contributed by atoms with Crippen LogP contribution in [0.4, 0.5) is 11.4 Å². The molecule has 0 radical (unpaired) electrons. The molecule has 0 atom stereocenters. The van der Waals surface area contributed by atoms with E-state index in [0.717, 1.165) is 11.4 Å². The molecule has 1 aromatic carbocycles. The van der Waals surface area contributed by atoms with Crippen LogP contribution in [0.3, 0.4) is 0 Å². The Hall–Kier alpha value is -1.44. The van der Waals surface area contributed by atoms with Crippen molar-refractivity contribution in [3.05, 3.63) is 23.8 Å². The third kappa shape index (κ3) is 2.75. The van der Waals surface area contributed by atoms with Crippen LogP contribution in [0.5, 0.6) is 0 Å². The zero-order valence-corrected chi connectivity index (χ0v) is 9.91. The lowest BCUT2D eigenvalue weighted by Crippen LogP contribution is -2.10. The van der Waals surface area contributed by atoms with Gasteiger partial charge in [-0.25, -0.2) is 0 Å². The molecular formula is C13H18N2. The van der Waals surface area contributed by atoms with E-state index in [0.29, 0.717) is 0 Å². The maximum Gasteiger partial charge on any atom is 0.0884 e. The molecule has 0 saturated carbocycles. The molecule has 2 nitrogen and oxygen atoms in total. The van der Waals surface area contributed by atoms with Crippen LogP contribution in [-0.4, -0.2) is 12.9 Å². The number of aliphatic imine (C=N–C) groups is 2. The van der Waals surface area contributed by atoms with Crippen molar-refractivity contribution in [3.63, 3.8) is 0 Å². The van der Waals surface area contributed by atoms with Crippen LogP contribution < -0.4 is 0 Å². The average Bonchev–Trinajstić information content (AvgIpc) is 2.17. The van der Waals surface area contributed by atoms with Gasteiger partial charge < -0.3 is 0 Å². The Bertz CT molecular complexity index is 384. The Balaban J connectivity index is 3.28. The first-order chi connectivity index (χ1) is 6.99. The van der Waals surface area contributed by atoms with Crippen molar-refractivity contribution >= 4 is 24.3 Å². The highest BCUT2D eigenvalue weighted by Gasteiger charge is 2.14. The summed E-state index contributed by atoms with van der Waals surface area (Å²) < 4.78 is 0. The van der Waals surface area contributed by atoms with Crippen LogP contribution in [-0.2, 0) is 5.41 Å². The highest BCUT2D eigenvalue weighted by molar-refractivity contribution is 5.71. The molecule has 0 aliphatic heterocycles. The van der Waals surface area contributed by atoms with E-state index in [1.807, 2.05) is 13.0 Å². The maximum atomic E-state index is 4.29. The molecule has 0 unspecified atom stereocenters. The second kappa shape index (κ2) is 4.39. The van der Waals surface area contributed by atoms with Crippen LogP contribution in [0.25, 0.3) is 0 Å². The molecule has 15 heavy (non-hydrogen) atoms. The molecule has 1 rings (SSSR count). The summed E-state index contributed by atoms with van der Waals surface area (Å²) in [5.41, 5.74) is 3.12. The van der Waals surface area contributed by atoms with E-state index < -0.39 is 0 Å². The summed E-state index contributed by atoms with van der Waals surface area (Å²) in [6, 6.07) is 6.12. The average molecular weight is 202 g/mol. The van der Waals surface area contributed by atoms with E-state index in [4.69, 9.17) is 0 Å². The minimum Gasteiger partial charge on any atom is -0.262 e. The van der Waals surface area contributed by atoms with E-state index >= 15 is 0 Å². The van der Waals surface area contributed by atoms with Gasteiger partial charge in [-0.2, -0.15) is 0 Å². The molecular weight excluding hydrogens is 184 g/mol. The summed E-state index contributed by atoms with van der Waals surface area (Å²) in [6.07, 6.45) is 1.77. The molecule has 0 aliphatic carbocycles. The van der Waals surface area contributed by atoms with Gasteiger partial charge in [-0.15, -0.1) is 0 Å². The molecule has 0 aromatic heterocycles. The van der Waals surface area contributed by atoms with Crippen LogP contribution >= 0.6 is 0 Å². The highest BCUT2D eigenvalue weighted by Crippen LogP contribution is 2.33. The third-order valence-corrected chi connectivity index (χ3v) is 2.28. The van der Waals surface area contributed by atoms with Crippen molar-refractivity contribution in [1.29, 1.82) is 0 Å². The second-order valence-corrected chi connectivity index (χ2v) is 4.50. The predicted octanol–water partition coefficient (Wildman–Crippen LogP) is 4.04. The quantitative estimate of drug-likeness (QED) is 0.647. The van der Waals surface area contributed by atoms with Crippen LogP contribution in [0, 0.1) is 0 Å². The van der Waals surface area contributed by atoms with E-state index in [1.54, 1.807) is 6.21 Å². The summed E-state index contributed by atoms with van der Waals surface area (Å²) in [5, 5.41) is 0. The molecule has 80 valence electrons. The highest BCUT2D eigenvalue weighted by atomic mass is 14.8. The molecule has 2 heteroatoms. The smallest absolute Gasteiger partial charge is 0.0884 e. The summed E-state index contributed by atoms with van der Waals surface area (Å²) in [6.45, 7) is 12.0. The minimum absolute atomic E-state index is 0.137. The van der Waals surface area contributed by atoms with Gasteiger partial charge in [0, 0.05) is 6.21 Å². The van der Waals surface area contributed by atoms with Crippen molar-refractivity contribution in [2.45, 2.75) is 33.1 Å². The number of hydrogen-bond acceptors (Lipinski definition) is 2. The van der Waals surface area contributed by atoms with Gasteiger partial charge in [-0.05, 0) is 36.8 Å². The Morgan fingerprint density at radius 1 is 1.20 bits per heavy atom. The summed E-state index contributed by atoms with van der Waals surface area (Å²) in [7, 11) is 0. The van der Waals surface area contributed by atoms with Gasteiger partial charge in [-0.1, -0.05) is 26.8 Å². The summed E-state index contributed by atoms with van der Waals surface area (Å²) in [5.74, 6) is 0. The first-order valence-corrected chi connectivity index (χ1v) is 5.09. The number of benzene rings is 1. The lowest BCUT2D eigenvalue weighted by molar-refractivity contribution is 0.590. The molecule has 0 heterocycles. The molecule has 0 amide bonds. The molecule has 0 aliphatic rings. The third-order valence-electron chi connectivity index (χ3n) is 2.28. The largest absolute Gasteiger partial charge is 0.262 e. The zero-order chi connectivity index (χ0) is 11.5. The van der Waals surface area contributed by atoms with Crippen molar-refractivity contribution in [2.75, 3.05) is 0 Å². The molecule has 0 fully saturated rings. The standard InChI is InChI=1S/C13H18N2/c1-6-15-12-9-10(13(2,3)4)7-8-11(12)14-5/h6-9H,5H2,1-4H3/b15-6-. The predicted molar refractivity (Wildman–Crippen MR) is 68.2 cm³/mol. The van der Waals surface area contributed by atoms with Gasteiger partial charge in [0.25, 0.3) is 0 Å². The number of hydrogen-bond donors (Lipinski definition) is 0. The maximum absolute atomic E-state index is 4.29. The summed E-state index contributed by atoms with van der Waals surface area (Å²) >= 11 is 0. The molecule has 0 N–H and O–H groups in total. The first-order valence-electron chi connectivity index (χ1n) is 5.09. The van der Waals surface area contributed by atoms with Gasteiger partial charge >= 0.3 is 0 Å². The second-order valence-electron chi connectivity index (χ2n) is 4.50. The lowest BCUT2D eigenvalue weighted by atomic mass is 9.86. The van der Waals surface area contributed by atoms with Gasteiger partial charge in [0.05, 0.1) is 11.4 Å². The Labute approximate surface area is 91.8 Å². The van der Waals surface area contributed by atoms with E-state index in [2.05, 4.69) is 49.6 Å². The van der Waals surface area contributed by atoms with Crippen LogP contribution in [0.15, 0.2) is 28.2 Å². The fraction of sp³-hybridized carbons (Fsp3) is 0.385. The van der Waals surface area contributed by atoms with E-state index in [9.17, 15) is 0 Å². The fourth-order valence-corrected chi connectivity index (χ4v) is 1.37. The van der Waals surface area contributed by atoms with Crippen molar-refractivity contribution < 1.29 is 0 Å². The van der Waals surface area contributed by atoms with Gasteiger partial charge in [-0.3, -0.25) is 9.98 Å². The Kier molecular flexibility index (Phi) is 3.40. The molecule has 0 saturated heterocycles. The molecule has 1 aromatic rings. The number of rotatable bonds is 2. The van der Waals surface area contributed by atoms with Crippen molar-refractivity contribution in [2.24, 2.45) is 9.98 Å². The number of nitrogens with zero attached hydrogens (tertiary/aromatic N) is 2. The fourth-order valence-electron chi connectivity index (χ4n) is 1.37. The van der Waals surface area contributed by atoms with Gasteiger partial charge in [0.2, 0.25) is 0 Å². The first kappa shape index (κ1) is 11.6. The zero-order valence-electron chi connectivity index (χ0n) is 9.91. The monoisotopic (exact) mass is 202 g/mol. The Morgan fingerprint density at radius 3 is 2.33 bits per heavy atom. The summed E-state index contributed by atoms with van der Waals surface area (Å²) in [4.78, 5) is 8.24. The molecule has 0 bridgehead atoms. The topological polar surface area (TPSA) is 24.7 Å². The van der Waals surface area contributed by atoms with Crippen molar-refractivity contribution in [1.82, 2.24) is 0 Å². The SMILES string of the molecule is C=Nc1ccc(C(C)(C)C)cc1/N=C\C.